The number of oxazole rings is 1. The summed E-state index contributed by atoms with van der Waals surface area (Å²) in [6.45, 7) is 3.88. The van der Waals surface area contributed by atoms with Crippen LogP contribution in [0.2, 0.25) is 0 Å². The van der Waals surface area contributed by atoms with E-state index in [1.165, 1.54) is 6.39 Å². The van der Waals surface area contributed by atoms with Gasteiger partial charge in [-0.25, -0.2) is 4.98 Å². The first kappa shape index (κ1) is 12.3. The van der Waals surface area contributed by atoms with Crippen LogP contribution in [0.4, 0.5) is 0 Å². The summed E-state index contributed by atoms with van der Waals surface area (Å²) in [6.07, 6.45) is 2.61. The Kier molecular flexibility index (Phi) is 4.34. The van der Waals surface area contributed by atoms with E-state index in [-0.39, 0.29) is 0 Å². The van der Waals surface area contributed by atoms with Crippen molar-refractivity contribution >= 4 is 15.9 Å². The van der Waals surface area contributed by atoms with Gasteiger partial charge < -0.3 is 9.73 Å². The molecule has 0 radical (unpaired) electrons. The van der Waals surface area contributed by atoms with Crippen molar-refractivity contribution in [3.05, 3.63) is 40.8 Å². The quantitative estimate of drug-likeness (QED) is 0.856. The van der Waals surface area contributed by atoms with E-state index >= 15 is 0 Å². The molecule has 0 aliphatic rings. The Morgan fingerprint density at radius 3 is 3.06 bits per heavy atom. The zero-order valence-corrected chi connectivity index (χ0v) is 11.3. The van der Waals surface area contributed by atoms with Gasteiger partial charge in [0.05, 0.1) is 0 Å². The second-order valence-corrected chi connectivity index (χ2v) is 4.73. The Morgan fingerprint density at radius 2 is 2.29 bits per heavy atom. The highest BCUT2D eigenvalue weighted by Gasteiger charge is 2.10. The van der Waals surface area contributed by atoms with Crippen LogP contribution in [0, 0.1) is 0 Å². The summed E-state index contributed by atoms with van der Waals surface area (Å²) in [7, 11) is 0. The zero-order valence-electron chi connectivity index (χ0n) is 9.74. The SMILES string of the molecule is CCCNCc1ncoc1-c1cccc(Br)c1. The highest BCUT2D eigenvalue weighted by molar-refractivity contribution is 9.10. The molecular weight excluding hydrogens is 280 g/mol. The maximum absolute atomic E-state index is 5.46. The van der Waals surface area contributed by atoms with Crippen molar-refractivity contribution in [3.63, 3.8) is 0 Å². The minimum absolute atomic E-state index is 0.742. The Hall–Kier alpha value is -1.13. The molecule has 0 aliphatic carbocycles. The lowest BCUT2D eigenvalue weighted by molar-refractivity contribution is 0.569. The fourth-order valence-electron chi connectivity index (χ4n) is 1.64. The van der Waals surface area contributed by atoms with Crippen molar-refractivity contribution < 1.29 is 4.42 Å². The first-order valence-corrected chi connectivity index (χ1v) is 6.49. The minimum Gasteiger partial charge on any atom is -0.443 e. The van der Waals surface area contributed by atoms with Crippen LogP contribution in [-0.2, 0) is 6.54 Å². The van der Waals surface area contributed by atoms with Gasteiger partial charge in [0.15, 0.2) is 12.2 Å². The third-order valence-electron chi connectivity index (χ3n) is 2.45. The molecule has 0 fully saturated rings. The van der Waals surface area contributed by atoms with E-state index in [0.29, 0.717) is 0 Å². The molecule has 0 bridgehead atoms. The van der Waals surface area contributed by atoms with Gasteiger partial charge in [-0.05, 0) is 25.1 Å². The second-order valence-electron chi connectivity index (χ2n) is 3.82. The average molecular weight is 295 g/mol. The predicted molar refractivity (Wildman–Crippen MR) is 71.6 cm³/mol. The van der Waals surface area contributed by atoms with Gasteiger partial charge in [0.25, 0.3) is 0 Å². The predicted octanol–water partition coefficient (Wildman–Crippen LogP) is 3.60. The van der Waals surface area contributed by atoms with Crippen molar-refractivity contribution in [3.8, 4) is 11.3 Å². The first-order valence-electron chi connectivity index (χ1n) is 5.70. The highest BCUT2D eigenvalue weighted by atomic mass is 79.9. The summed E-state index contributed by atoms with van der Waals surface area (Å²) < 4.78 is 6.51. The molecule has 0 atom stereocenters. The van der Waals surface area contributed by atoms with Crippen molar-refractivity contribution in [1.29, 1.82) is 0 Å². The number of halogens is 1. The van der Waals surface area contributed by atoms with Crippen molar-refractivity contribution in [2.75, 3.05) is 6.54 Å². The topological polar surface area (TPSA) is 38.1 Å². The number of aromatic nitrogens is 1. The summed E-state index contributed by atoms with van der Waals surface area (Å²) in [4.78, 5) is 4.25. The Balaban J connectivity index is 2.18. The summed E-state index contributed by atoms with van der Waals surface area (Å²) >= 11 is 3.46. The number of hydrogen-bond acceptors (Lipinski definition) is 3. The average Bonchev–Trinajstić information content (AvgIpc) is 2.78. The molecule has 1 aromatic carbocycles. The first-order chi connectivity index (χ1) is 8.31. The molecule has 0 amide bonds. The third-order valence-corrected chi connectivity index (χ3v) is 2.94. The smallest absolute Gasteiger partial charge is 0.181 e. The summed E-state index contributed by atoms with van der Waals surface area (Å²) in [5, 5.41) is 3.33. The van der Waals surface area contributed by atoms with Gasteiger partial charge in [0, 0.05) is 16.6 Å². The van der Waals surface area contributed by atoms with Gasteiger partial charge in [0.2, 0.25) is 0 Å². The molecule has 0 spiro atoms. The lowest BCUT2D eigenvalue weighted by atomic mass is 10.1. The molecule has 0 saturated carbocycles. The Morgan fingerprint density at radius 1 is 1.41 bits per heavy atom. The Labute approximate surface area is 109 Å². The van der Waals surface area contributed by atoms with Crippen LogP contribution in [0.25, 0.3) is 11.3 Å². The summed E-state index contributed by atoms with van der Waals surface area (Å²) in [5.74, 6) is 0.843. The molecule has 0 saturated heterocycles. The standard InChI is InChI=1S/C13H15BrN2O/c1-2-6-15-8-12-13(17-9-16-12)10-4-3-5-11(14)7-10/h3-5,7,9,15H,2,6,8H2,1H3. The monoisotopic (exact) mass is 294 g/mol. The van der Waals surface area contributed by atoms with Crippen LogP contribution in [0.5, 0.6) is 0 Å². The minimum atomic E-state index is 0.742. The number of rotatable bonds is 5. The van der Waals surface area contributed by atoms with Crippen LogP contribution >= 0.6 is 15.9 Å². The van der Waals surface area contributed by atoms with Crippen LogP contribution in [0.1, 0.15) is 19.0 Å². The summed E-state index contributed by atoms with van der Waals surface area (Å²) in [6, 6.07) is 8.04. The maximum Gasteiger partial charge on any atom is 0.181 e. The number of nitrogens with zero attached hydrogens (tertiary/aromatic N) is 1. The highest BCUT2D eigenvalue weighted by Crippen LogP contribution is 2.25. The fourth-order valence-corrected chi connectivity index (χ4v) is 2.04. The van der Waals surface area contributed by atoms with Gasteiger partial charge >= 0.3 is 0 Å². The Bertz CT molecular complexity index is 482. The largest absolute Gasteiger partial charge is 0.443 e. The molecule has 0 aliphatic heterocycles. The number of nitrogens with one attached hydrogen (secondary N) is 1. The maximum atomic E-state index is 5.46. The van der Waals surface area contributed by atoms with E-state index in [9.17, 15) is 0 Å². The lowest BCUT2D eigenvalue weighted by Gasteiger charge is -2.03. The molecular formula is C13H15BrN2O. The number of benzene rings is 1. The van der Waals surface area contributed by atoms with Crippen molar-refractivity contribution in [2.24, 2.45) is 0 Å². The van der Waals surface area contributed by atoms with E-state index in [1.807, 2.05) is 24.3 Å². The van der Waals surface area contributed by atoms with Gasteiger partial charge in [-0.2, -0.15) is 0 Å². The normalized spacial score (nSPS) is 10.7. The van der Waals surface area contributed by atoms with Gasteiger partial charge in [-0.3, -0.25) is 0 Å². The van der Waals surface area contributed by atoms with E-state index < -0.39 is 0 Å². The van der Waals surface area contributed by atoms with E-state index in [0.717, 1.165) is 41.0 Å². The molecule has 2 aromatic rings. The lowest BCUT2D eigenvalue weighted by Crippen LogP contribution is -2.14. The summed E-state index contributed by atoms with van der Waals surface area (Å²) in [5.41, 5.74) is 2.00. The van der Waals surface area contributed by atoms with Crippen molar-refractivity contribution in [1.82, 2.24) is 10.3 Å². The molecule has 1 N–H and O–H groups in total. The zero-order chi connectivity index (χ0) is 12.1. The fraction of sp³-hybridized carbons (Fsp3) is 0.308. The van der Waals surface area contributed by atoms with Crippen LogP contribution in [0.3, 0.4) is 0 Å². The van der Waals surface area contributed by atoms with Crippen LogP contribution in [-0.4, -0.2) is 11.5 Å². The van der Waals surface area contributed by atoms with E-state index in [1.54, 1.807) is 0 Å². The van der Waals surface area contributed by atoms with Crippen LogP contribution < -0.4 is 5.32 Å². The second kappa shape index (κ2) is 5.98. The third kappa shape index (κ3) is 3.17. The van der Waals surface area contributed by atoms with Crippen molar-refractivity contribution in [2.45, 2.75) is 19.9 Å². The van der Waals surface area contributed by atoms with Gasteiger partial charge in [0.1, 0.15) is 5.69 Å². The molecule has 17 heavy (non-hydrogen) atoms. The number of hydrogen-bond donors (Lipinski definition) is 1. The van der Waals surface area contributed by atoms with Gasteiger partial charge in [-0.1, -0.05) is 35.0 Å². The van der Waals surface area contributed by atoms with Crippen LogP contribution in [0.15, 0.2) is 39.5 Å². The van der Waals surface area contributed by atoms with Gasteiger partial charge in [-0.15, -0.1) is 0 Å². The molecule has 1 aromatic heterocycles. The molecule has 2 rings (SSSR count). The molecule has 4 heteroatoms. The van der Waals surface area contributed by atoms with E-state index in [4.69, 9.17) is 4.42 Å². The molecule has 0 unspecified atom stereocenters. The molecule has 1 heterocycles. The molecule has 90 valence electrons. The van der Waals surface area contributed by atoms with E-state index in [2.05, 4.69) is 33.2 Å². The molecule has 3 nitrogen and oxygen atoms in total.